The van der Waals surface area contributed by atoms with Gasteiger partial charge in [-0.05, 0) is 47.2 Å². The van der Waals surface area contributed by atoms with Gasteiger partial charge < -0.3 is 0 Å². The molecular weight excluding hydrogens is 402 g/mol. The standard InChI is InChI=1S/C20H16Cl2.Zr/c21-19-11-13-5-1-3-7-15(13)17(19)9-10-18-16-8-4-2-6-14(16)12-20(18)22;/h1-8,11-12,17-18H,9-10H2;. The molecule has 0 aliphatic heterocycles. The van der Waals surface area contributed by atoms with Crippen molar-refractivity contribution in [1.29, 1.82) is 0 Å². The van der Waals surface area contributed by atoms with Crippen LogP contribution in [0.3, 0.4) is 0 Å². The monoisotopic (exact) mass is 416 g/mol. The molecule has 2 atom stereocenters. The minimum Gasteiger partial charge on any atom is -0.0885 e. The molecule has 0 nitrogen and oxygen atoms in total. The van der Waals surface area contributed by atoms with Gasteiger partial charge in [0.2, 0.25) is 0 Å². The van der Waals surface area contributed by atoms with E-state index in [4.69, 9.17) is 23.2 Å². The average molecular weight is 418 g/mol. The molecule has 2 unspecified atom stereocenters. The Morgan fingerprint density at radius 1 is 0.652 bits per heavy atom. The topological polar surface area (TPSA) is 0 Å². The van der Waals surface area contributed by atoms with E-state index in [1.165, 1.54) is 22.3 Å². The molecule has 0 saturated heterocycles. The van der Waals surface area contributed by atoms with E-state index in [1.54, 1.807) is 0 Å². The van der Waals surface area contributed by atoms with Crippen molar-refractivity contribution in [3.8, 4) is 0 Å². The van der Waals surface area contributed by atoms with Gasteiger partial charge in [0, 0.05) is 48.1 Å². The average Bonchev–Trinajstić information content (AvgIpc) is 3.01. The molecule has 0 amide bonds. The van der Waals surface area contributed by atoms with E-state index < -0.39 is 0 Å². The molecule has 0 fully saturated rings. The first-order chi connectivity index (χ1) is 10.7. The van der Waals surface area contributed by atoms with Gasteiger partial charge in [-0.15, -0.1) is 0 Å². The Labute approximate surface area is 166 Å². The number of hydrogen-bond donors (Lipinski definition) is 0. The second kappa shape index (κ2) is 7.10. The smallest absolute Gasteiger partial charge is 0.0262 e. The molecule has 114 valence electrons. The quantitative estimate of drug-likeness (QED) is 0.532. The first kappa shape index (κ1) is 17.2. The van der Waals surface area contributed by atoms with E-state index in [2.05, 4.69) is 60.7 Å². The fourth-order valence-corrected chi connectivity index (χ4v) is 4.32. The first-order valence-corrected chi connectivity index (χ1v) is 8.41. The molecule has 0 spiro atoms. The van der Waals surface area contributed by atoms with Gasteiger partial charge in [-0.1, -0.05) is 71.7 Å². The summed E-state index contributed by atoms with van der Waals surface area (Å²) >= 11 is 13.0. The molecular formula is C20H16Cl2Zr. The Kier molecular flexibility index (Phi) is 5.31. The number of rotatable bonds is 3. The van der Waals surface area contributed by atoms with Crippen molar-refractivity contribution in [3.05, 3.63) is 80.8 Å². The summed E-state index contributed by atoms with van der Waals surface area (Å²) in [6, 6.07) is 17.0. The van der Waals surface area contributed by atoms with E-state index in [-0.39, 0.29) is 26.2 Å². The Morgan fingerprint density at radius 2 is 1.04 bits per heavy atom. The normalized spacial score (nSPS) is 21.1. The molecule has 2 aliphatic rings. The number of allylic oxidation sites excluding steroid dienone is 2. The Bertz CT molecular complexity index is 724. The van der Waals surface area contributed by atoms with Crippen molar-refractivity contribution in [2.45, 2.75) is 24.7 Å². The van der Waals surface area contributed by atoms with Crippen LogP contribution in [-0.2, 0) is 26.2 Å². The summed E-state index contributed by atoms with van der Waals surface area (Å²) in [5.74, 6) is 0.630. The van der Waals surface area contributed by atoms with Crippen molar-refractivity contribution in [3.63, 3.8) is 0 Å². The van der Waals surface area contributed by atoms with E-state index in [1.807, 2.05) is 0 Å². The second-order valence-electron chi connectivity index (χ2n) is 6.00. The van der Waals surface area contributed by atoms with Gasteiger partial charge in [-0.3, -0.25) is 0 Å². The van der Waals surface area contributed by atoms with Gasteiger partial charge in [0.25, 0.3) is 0 Å². The van der Waals surface area contributed by atoms with Crippen molar-refractivity contribution in [1.82, 2.24) is 0 Å². The van der Waals surface area contributed by atoms with Crippen molar-refractivity contribution < 1.29 is 26.2 Å². The minimum atomic E-state index is 0. The SMILES string of the molecule is ClC1=Cc2ccccc2C1CCC1C(Cl)=Cc2ccccc21.[Zr]. The van der Waals surface area contributed by atoms with Gasteiger partial charge in [0.05, 0.1) is 0 Å². The predicted molar refractivity (Wildman–Crippen MR) is 95.3 cm³/mol. The van der Waals surface area contributed by atoms with Crippen molar-refractivity contribution >= 4 is 35.4 Å². The molecule has 0 N–H and O–H groups in total. The third-order valence-electron chi connectivity index (χ3n) is 4.74. The zero-order chi connectivity index (χ0) is 15.1. The molecule has 2 aliphatic carbocycles. The molecule has 3 heteroatoms. The number of fused-ring (bicyclic) bond motifs is 2. The third-order valence-corrected chi connectivity index (χ3v) is 5.48. The van der Waals surface area contributed by atoms with Crippen LogP contribution in [-0.4, -0.2) is 0 Å². The number of hydrogen-bond acceptors (Lipinski definition) is 0. The van der Waals surface area contributed by atoms with Crippen LogP contribution in [0.4, 0.5) is 0 Å². The maximum atomic E-state index is 6.48. The molecule has 4 rings (SSSR count). The van der Waals surface area contributed by atoms with E-state index >= 15 is 0 Å². The van der Waals surface area contributed by atoms with Crippen LogP contribution >= 0.6 is 23.2 Å². The number of benzene rings is 2. The molecule has 0 bridgehead atoms. The molecule has 2 aromatic rings. The summed E-state index contributed by atoms with van der Waals surface area (Å²) < 4.78 is 0. The van der Waals surface area contributed by atoms with Crippen LogP contribution in [0, 0.1) is 0 Å². The van der Waals surface area contributed by atoms with Gasteiger partial charge in [-0.2, -0.15) is 0 Å². The fraction of sp³-hybridized carbons (Fsp3) is 0.200. The number of halogens is 2. The van der Waals surface area contributed by atoms with Crippen LogP contribution in [0.1, 0.15) is 46.9 Å². The Morgan fingerprint density at radius 3 is 1.48 bits per heavy atom. The summed E-state index contributed by atoms with van der Waals surface area (Å²) in [7, 11) is 0. The minimum absolute atomic E-state index is 0. The van der Waals surface area contributed by atoms with Gasteiger partial charge in [0.1, 0.15) is 0 Å². The zero-order valence-corrected chi connectivity index (χ0v) is 16.6. The van der Waals surface area contributed by atoms with E-state index in [0.29, 0.717) is 11.8 Å². The predicted octanol–water partition coefficient (Wildman–Crippen LogP) is 6.52. The summed E-state index contributed by atoms with van der Waals surface area (Å²) in [5.41, 5.74) is 5.20. The molecule has 0 aromatic heterocycles. The summed E-state index contributed by atoms with van der Waals surface area (Å²) in [4.78, 5) is 0. The van der Waals surface area contributed by atoms with Crippen LogP contribution in [0.2, 0.25) is 0 Å². The fourth-order valence-electron chi connectivity index (χ4n) is 3.63. The van der Waals surface area contributed by atoms with Crippen LogP contribution in [0.25, 0.3) is 12.2 Å². The van der Waals surface area contributed by atoms with Crippen LogP contribution in [0.15, 0.2) is 58.6 Å². The summed E-state index contributed by atoms with van der Waals surface area (Å²) in [6.07, 6.45) is 6.24. The van der Waals surface area contributed by atoms with Gasteiger partial charge in [0.15, 0.2) is 0 Å². The summed E-state index contributed by atoms with van der Waals surface area (Å²) in [5, 5.41) is 1.90. The molecule has 23 heavy (non-hydrogen) atoms. The molecule has 0 heterocycles. The zero-order valence-electron chi connectivity index (χ0n) is 12.6. The first-order valence-electron chi connectivity index (χ1n) is 7.66. The van der Waals surface area contributed by atoms with Gasteiger partial charge in [-0.25, -0.2) is 0 Å². The Balaban J connectivity index is 0.00000156. The Hall–Kier alpha value is -0.617. The van der Waals surface area contributed by atoms with Crippen molar-refractivity contribution in [2.24, 2.45) is 0 Å². The maximum Gasteiger partial charge on any atom is 0.0262 e. The molecule has 2 aromatic carbocycles. The van der Waals surface area contributed by atoms with E-state index in [0.717, 1.165) is 22.9 Å². The summed E-state index contributed by atoms with van der Waals surface area (Å²) in [6.45, 7) is 0. The third kappa shape index (κ3) is 3.16. The molecule has 0 saturated carbocycles. The molecule has 0 radical (unpaired) electrons. The van der Waals surface area contributed by atoms with E-state index in [9.17, 15) is 0 Å². The van der Waals surface area contributed by atoms with Crippen LogP contribution < -0.4 is 0 Å². The van der Waals surface area contributed by atoms with Gasteiger partial charge >= 0.3 is 0 Å². The van der Waals surface area contributed by atoms with Crippen molar-refractivity contribution in [2.75, 3.05) is 0 Å². The largest absolute Gasteiger partial charge is 0.0885 e. The second-order valence-corrected chi connectivity index (χ2v) is 6.87. The van der Waals surface area contributed by atoms with Crippen LogP contribution in [0.5, 0.6) is 0 Å². The maximum absolute atomic E-state index is 6.48.